The van der Waals surface area contributed by atoms with Gasteiger partial charge in [0.05, 0.1) is 5.69 Å². The maximum absolute atomic E-state index is 11.1. The first-order valence-electron chi connectivity index (χ1n) is 4.52. The molecular formula is C8H14N4O2. The Bertz CT molecular complexity index is 297. The summed E-state index contributed by atoms with van der Waals surface area (Å²) in [4.78, 5) is 11.1. The third-order valence-electron chi connectivity index (χ3n) is 1.63. The van der Waals surface area contributed by atoms with Gasteiger partial charge in [0, 0.05) is 25.8 Å². The first kappa shape index (κ1) is 10.6. The van der Waals surface area contributed by atoms with E-state index in [1.807, 2.05) is 6.92 Å². The normalized spacial score (nSPS) is 10.1. The number of carbonyl (C=O) groups is 1. The van der Waals surface area contributed by atoms with Crippen LogP contribution in [0.3, 0.4) is 0 Å². The highest BCUT2D eigenvalue weighted by Gasteiger charge is 2.04. The monoisotopic (exact) mass is 198 g/mol. The van der Waals surface area contributed by atoms with Crippen LogP contribution in [-0.2, 0) is 17.8 Å². The Morgan fingerprint density at radius 1 is 1.71 bits per heavy atom. The first-order valence-corrected chi connectivity index (χ1v) is 4.52. The van der Waals surface area contributed by atoms with E-state index in [0.717, 1.165) is 0 Å². The lowest BCUT2D eigenvalue weighted by molar-refractivity contribution is -0.121. The molecule has 0 unspecified atom stereocenters. The van der Waals surface area contributed by atoms with Crippen LogP contribution in [0.4, 0.5) is 0 Å². The molecule has 6 heteroatoms. The molecule has 6 nitrogen and oxygen atoms in total. The smallest absolute Gasteiger partial charge is 0.241 e. The average Bonchev–Trinajstić information content (AvgIpc) is 2.53. The summed E-state index contributed by atoms with van der Waals surface area (Å²) in [5, 5.41) is 18.8. The zero-order chi connectivity index (χ0) is 10.4. The Labute approximate surface area is 81.9 Å². The summed E-state index contributed by atoms with van der Waals surface area (Å²) in [6, 6.07) is 0. The minimum absolute atomic E-state index is 0.0415. The summed E-state index contributed by atoms with van der Waals surface area (Å²) in [6.45, 7) is 2.68. The fourth-order valence-electron chi connectivity index (χ4n) is 1.05. The Morgan fingerprint density at radius 2 is 2.50 bits per heavy atom. The highest BCUT2D eigenvalue weighted by molar-refractivity contribution is 5.75. The molecule has 0 atom stereocenters. The molecule has 0 spiro atoms. The van der Waals surface area contributed by atoms with E-state index in [1.165, 1.54) is 4.68 Å². The van der Waals surface area contributed by atoms with Crippen LogP contribution in [-0.4, -0.2) is 39.2 Å². The SMILES string of the molecule is CCNC(=O)Cn1cc(CCO)nn1. The highest BCUT2D eigenvalue weighted by atomic mass is 16.3. The van der Waals surface area contributed by atoms with Crippen molar-refractivity contribution in [3.05, 3.63) is 11.9 Å². The quantitative estimate of drug-likeness (QED) is 0.632. The summed E-state index contributed by atoms with van der Waals surface area (Å²) >= 11 is 0. The molecule has 0 aliphatic rings. The van der Waals surface area contributed by atoms with Gasteiger partial charge in [-0.1, -0.05) is 5.21 Å². The minimum Gasteiger partial charge on any atom is -0.396 e. The van der Waals surface area contributed by atoms with Crippen LogP contribution in [0.25, 0.3) is 0 Å². The molecule has 1 aromatic rings. The van der Waals surface area contributed by atoms with Crippen molar-refractivity contribution in [2.75, 3.05) is 13.2 Å². The largest absolute Gasteiger partial charge is 0.396 e. The number of hydrogen-bond donors (Lipinski definition) is 2. The van der Waals surface area contributed by atoms with Crippen LogP contribution in [0.15, 0.2) is 6.20 Å². The molecular weight excluding hydrogens is 184 g/mol. The maximum Gasteiger partial charge on any atom is 0.241 e. The van der Waals surface area contributed by atoms with Gasteiger partial charge in [0.1, 0.15) is 6.54 Å². The van der Waals surface area contributed by atoms with Gasteiger partial charge in [-0.25, -0.2) is 4.68 Å². The molecule has 0 aromatic carbocycles. The topological polar surface area (TPSA) is 80.0 Å². The first-order chi connectivity index (χ1) is 6.76. The maximum atomic E-state index is 11.1. The van der Waals surface area contributed by atoms with E-state index in [-0.39, 0.29) is 19.1 Å². The van der Waals surface area contributed by atoms with Crippen LogP contribution in [0, 0.1) is 0 Å². The third-order valence-corrected chi connectivity index (χ3v) is 1.63. The lowest BCUT2D eigenvalue weighted by Crippen LogP contribution is -2.27. The van der Waals surface area contributed by atoms with Crippen molar-refractivity contribution in [3.8, 4) is 0 Å². The van der Waals surface area contributed by atoms with E-state index in [0.29, 0.717) is 18.7 Å². The Kier molecular flexibility index (Phi) is 4.06. The number of hydrogen-bond acceptors (Lipinski definition) is 4. The molecule has 0 saturated heterocycles. The van der Waals surface area contributed by atoms with Crippen molar-refractivity contribution < 1.29 is 9.90 Å². The second kappa shape index (κ2) is 5.33. The number of likely N-dealkylation sites (N-methyl/N-ethyl adjacent to an activating group) is 1. The summed E-state index contributed by atoms with van der Waals surface area (Å²) in [5.74, 6) is -0.0899. The second-order valence-electron chi connectivity index (χ2n) is 2.83. The zero-order valence-electron chi connectivity index (χ0n) is 8.10. The van der Waals surface area contributed by atoms with Gasteiger partial charge in [0.2, 0.25) is 5.91 Å². The molecule has 14 heavy (non-hydrogen) atoms. The molecule has 0 bridgehead atoms. The van der Waals surface area contributed by atoms with E-state index in [1.54, 1.807) is 6.20 Å². The number of amides is 1. The molecule has 78 valence electrons. The van der Waals surface area contributed by atoms with Crippen LogP contribution >= 0.6 is 0 Å². The third kappa shape index (κ3) is 3.14. The number of carbonyl (C=O) groups excluding carboxylic acids is 1. The van der Waals surface area contributed by atoms with E-state index in [4.69, 9.17) is 5.11 Å². The lowest BCUT2D eigenvalue weighted by Gasteiger charge is -2.00. The molecule has 0 aliphatic carbocycles. The van der Waals surface area contributed by atoms with Crippen molar-refractivity contribution in [1.29, 1.82) is 0 Å². The van der Waals surface area contributed by atoms with Gasteiger partial charge in [-0.3, -0.25) is 4.79 Å². The number of nitrogens with zero attached hydrogens (tertiary/aromatic N) is 3. The Morgan fingerprint density at radius 3 is 3.14 bits per heavy atom. The molecule has 2 N–H and O–H groups in total. The molecule has 0 fully saturated rings. The molecule has 0 radical (unpaired) electrons. The van der Waals surface area contributed by atoms with Crippen molar-refractivity contribution in [1.82, 2.24) is 20.3 Å². The number of aliphatic hydroxyl groups is 1. The van der Waals surface area contributed by atoms with Gasteiger partial charge >= 0.3 is 0 Å². The summed E-state index contributed by atoms with van der Waals surface area (Å²) < 4.78 is 1.45. The summed E-state index contributed by atoms with van der Waals surface area (Å²) in [5.41, 5.74) is 0.691. The van der Waals surface area contributed by atoms with Gasteiger partial charge in [-0.15, -0.1) is 5.10 Å². The van der Waals surface area contributed by atoms with E-state index in [9.17, 15) is 4.79 Å². The average molecular weight is 198 g/mol. The Balaban J connectivity index is 2.46. The van der Waals surface area contributed by atoms with Gasteiger partial charge in [0.25, 0.3) is 0 Å². The standard InChI is InChI=1S/C8H14N4O2/c1-2-9-8(14)6-12-5-7(3-4-13)10-11-12/h5,13H,2-4,6H2,1H3,(H,9,14). The number of nitrogens with one attached hydrogen (secondary N) is 1. The van der Waals surface area contributed by atoms with Crippen LogP contribution < -0.4 is 5.32 Å². The summed E-state index contributed by atoms with van der Waals surface area (Å²) in [7, 11) is 0. The number of rotatable bonds is 5. The Hall–Kier alpha value is -1.43. The molecule has 1 amide bonds. The van der Waals surface area contributed by atoms with Crippen molar-refractivity contribution in [3.63, 3.8) is 0 Å². The van der Waals surface area contributed by atoms with Crippen LogP contribution in [0.5, 0.6) is 0 Å². The molecule has 0 aliphatic heterocycles. The molecule has 0 saturated carbocycles. The molecule has 1 rings (SSSR count). The van der Waals surface area contributed by atoms with Crippen molar-refractivity contribution >= 4 is 5.91 Å². The van der Waals surface area contributed by atoms with Crippen LogP contribution in [0.1, 0.15) is 12.6 Å². The minimum atomic E-state index is -0.0899. The van der Waals surface area contributed by atoms with Crippen LogP contribution in [0.2, 0.25) is 0 Å². The van der Waals surface area contributed by atoms with E-state index < -0.39 is 0 Å². The molecule has 1 aromatic heterocycles. The van der Waals surface area contributed by atoms with Gasteiger partial charge in [-0.05, 0) is 6.92 Å². The second-order valence-corrected chi connectivity index (χ2v) is 2.83. The lowest BCUT2D eigenvalue weighted by atomic mass is 10.3. The van der Waals surface area contributed by atoms with Gasteiger partial charge < -0.3 is 10.4 Å². The predicted molar refractivity (Wildman–Crippen MR) is 49.5 cm³/mol. The summed E-state index contributed by atoms with van der Waals surface area (Å²) in [6.07, 6.45) is 2.13. The zero-order valence-corrected chi connectivity index (χ0v) is 8.10. The number of aliphatic hydroxyl groups excluding tert-OH is 1. The molecule has 1 heterocycles. The predicted octanol–water partition coefficient (Wildman–Crippen LogP) is -1.05. The van der Waals surface area contributed by atoms with Crippen molar-refractivity contribution in [2.24, 2.45) is 0 Å². The fourth-order valence-corrected chi connectivity index (χ4v) is 1.05. The number of aromatic nitrogens is 3. The van der Waals surface area contributed by atoms with E-state index >= 15 is 0 Å². The van der Waals surface area contributed by atoms with Gasteiger partial charge in [-0.2, -0.15) is 0 Å². The highest BCUT2D eigenvalue weighted by Crippen LogP contribution is 1.93. The van der Waals surface area contributed by atoms with Crippen molar-refractivity contribution in [2.45, 2.75) is 19.9 Å². The van der Waals surface area contributed by atoms with Gasteiger partial charge in [0.15, 0.2) is 0 Å². The van der Waals surface area contributed by atoms with E-state index in [2.05, 4.69) is 15.6 Å². The fraction of sp³-hybridized carbons (Fsp3) is 0.625.